The average molecular weight is 425 g/mol. The van der Waals surface area contributed by atoms with Crippen LogP contribution in [0.3, 0.4) is 0 Å². The number of anilines is 1. The second-order valence-corrected chi connectivity index (χ2v) is 9.61. The summed E-state index contributed by atoms with van der Waals surface area (Å²) < 4.78 is 29.6. The van der Waals surface area contributed by atoms with Crippen LogP contribution in [0.15, 0.2) is 35.2 Å². The van der Waals surface area contributed by atoms with Crippen molar-refractivity contribution in [2.24, 2.45) is 0 Å². The van der Waals surface area contributed by atoms with E-state index in [0.29, 0.717) is 26.1 Å². The fourth-order valence-corrected chi connectivity index (χ4v) is 4.58. The lowest BCUT2D eigenvalue weighted by Gasteiger charge is -2.12. The maximum Gasteiger partial charge on any atom is 0.264 e. The number of thiazole rings is 1. The molecule has 0 fully saturated rings. The minimum atomic E-state index is -3.30. The van der Waals surface area contributed by atoms with Gasteiger partial charge in [-0.15, -0.1) is 0 Å². The number of ether oxygens (including phenoxy) is 1. The third kappa shape index (κ3) is 4.58. The van der Waals surface area contributed by atoms with Crippen LogP contribution >= 0.6 is 22.9 Å². The number of carbonyl (C=O) groups excluding carboxylic acids is 1. The molecule has 0 bridgehead atoms. The van der Waals surface area contributed by atoms with Crippen LogP contribution in [0, 0.1) is 13.8 Å². The van der Waals surface area contributed by atoms with Crippen molar-refractivity contribution in [1.29, 1.82) is 0 Å². The van der Waals surface area contributed by atoms with E-state index in [-0.39, 0.29) is 17.4 Å². The first kappa shape index (κ1) is 19.6. The zero-order chi connectivity index (χ0) is 19.8. The second kappa shape index (κ2) is 7.46. The number of amides is 1. The van der Waals surface area contributed by atoms with Crippen LogP contribution < -0.4 is 10.1 Å². The van der Waals surface area contributed by atoms with E-state index in [0.717, 1.165) is 17.4 Å². The molecule has 0 radical (unpaired) electrons. The first-order valence-electron chi connectivity index (χ1n) is 7.93. The Hall–Kier alpha value is -2.16. The maximum absolute atomic E-state index is 12.2. The van der Waals surface area contributed by atoms with Gasteiger partial charge in [0, 0.05) is 11.3 Å². The number of halogens is 1. The normalized spacial score (nSPS) is 11.6. The molecule has 0 spiro atoms. The Bertz CT molecular complexity index is 1120. The molecule has 0 saturated heterocycles. The molecule has 0 aliphatic heterocycles. The van der Waals surface area contributed by atoms with E-state index >= 15 is 0 Å². The molecule has 3 aromatic rings. The van der Waals surface area contributed by atoms with Gasteiger partial charge in [0.25, 0.3) is 5.91 Å². The Kier molecular flexibility index (Phi) is 5.41. The summed E-state index contributed by atoms with van der Waals surface area (Å²) in [6, 6.07) is 8.21. The number of aryl methyl sites for hydroxylation is 2. The number of nitrogens with one attached hydrogen (secondary N) is 1. The third-order valence-corrected chi connectivity index (χ3v) is 6.07. The van der Waals surface area contributed by atoms with Gasteiger partial charge in [0.15, 0.2) is 21.6 Å². The molecule has 3 rings (SSSR count). The van der Waals surface area contributed by atoms with Gasteiger partial charge in [-0.3, -0.25) is 10.1 Å². The van der Waals surface area contributed by atoms with Gasteiger partial charge in [0.2, 0.25) is 0 Å². The first-order valence-corrected chi connectivity index (χ1v) is 11.0. The average Bonchev–Trinajstić information content (AvgIpc) is 2.94. The van der Waals surface area contributed by atoms with Crippen molar-refractivity contribution in [3.05, 3.63) is 46.5 Å². The molecule has 6 nitrogen and oxygen atoms in total. The highest BCUT2D eigenvalue weighted by molar-refractivity contribution is 7.90. The van der Waals surface area contributed by atoms with Crippen LogP contribution in [0.25, 0.3) is 10.2 Å². The largest absolute Gasteiger partial charge is 0.483 e. The lowest BCUT2D eigenvalue weighted by molar-refractivity contribution is -0.118. The number of nitrogens with zero attached hydrogens (tertiary/aromatic N) is 1. The Balaban J connectivity index is 1.71. The first-order chi connectivity index (χ1) is 12.6. The van der Waals surface area contributed by atoms with Crippen LogP contribution in [-0.4, -0.2) is 32.2 Å². The van der Waals surface area contributed by atoms with Gasteiger partial charge < -0.3 is 4.74 Å². The van der Waals surface area contributed by atoms with E-state index in [4.69, 9.17) is 16.3 Å². The van der Waals surface area contributed by atoms with Crippen molar-refractivity contribution in [3.8, 4) is 5.75 Å². The molecule has 1 amide bonds. The van der Waals surface area contributed by atoms with E-state index in [9.17, 15) is 13.2 Å². The smallest absolute Gasteiger partial charge is 0.264 e. The van der Waals surface area contributed by atoms with Crippen molar-refractivity contribution in [1.82, 2.24) is 4.98 Å². The van der Waals surface area contributed by atoms with Gasteiger partial charge in [0.1, 0.15) is 5.75 Å². The minimum Gasteiger partial charge on any atom is -0.483 e. The standard InChI is InChI=1S/C18H17ClN2O4S2/c1-10-6-12(19)7-11(2)17(10)25-9-16(22)21-18-20-14-5-4-13(27(3,23)24)8-15(14)26-18/h4-8H,9H2,1-3H3,(H,20,21,22). The number of fused-ring (bicyclic) bond motifs is 1. The van der Waals surface area contributed by atoms with Gasteiger partial charge in [0.05, 0.1) is 15.1 Å². The number of hydrogen-bond acceptors (Lipinski definition) is 6. The van der Waals surface area contributed by atoms with Crippen molar-refractivity contribution < 1.29 is 17.9 Å². The van der Waals surface area contributed by atoms with Crippen LogP contribution in [0.1, 0.15) is 11.1 Å². The molecule has 0 unspecified atom stereocenters. The molecule has 0 atom stereocenters. The zero-order valence-corrected chi connectivity index (χ0v) is 17.3. The maximum atomic E-state index is 12.2. The van der Waals surface area contributed by atoms with Crippen molar-refractivity contribution in [2.75, 3.05) is 18.2 Å². The highest BCUT2D eigenvalue weighted by Crippen LogP contribution is 2.29. The Morgan fingerprint density at radius 1 is 1.22 bits per heavy atom. The predicted molar refractivity (Wildman–Crippen MR) is 108 cm³/mol. The van der Waals surface area contributed by atoms with Gasteiger partial charge in [-0.25, -0.2) is 13.4 Å². The molecule has 1 N–H and O–H groups in total. The van der Waals surface area contributed by atoms with Gasteiger partial charge in [-0.1, -0.05) is 22.9 Å². The molecule has 142 valence electrons. The molecule has 1 heterocycles. The highest BCUT2D eigenvalue weighted by Gasteiger charge is 2.13. The molecular formula is C18H17ClN2O4S2. The van der Waals surface area contributed by atoms with Crippen LogP contribution in [-0.2, 0) is 14.6 Å². The van der Waals surface area contributed by atoms with E-state index in [1.807, 2.05) is 13.8 Å². The minimum absolute atomic E-state index is 0.173. The molecular weight excluding hydrogens is 408 g/mol. The predicted octanol–water partition coefficient (Wildman–Crippen LogP) is 3.99. The summed E-state index contributed by atoms with van der Waals surface area (Å²) in [6.45, 7) is 3.55. The van der Waals surface area contributed by atoms with E-state index in [1.165, 1.54) is 17.4 Å². The Morgan fingerprint density at radius 3 is 2.52 bits per heavy atom. The second-order valence-electron chi connectivity index (χ2n) is 6.13. The van der Waals surface area contributed by atoms with Crippen molar-refractivity contribution in [3.63, 3.8) is 0 Å². The number of benzene rings is 2. The monoisotopic (exact) mass is 424 g/mol. The molecule has 0 aliphatic rings. The quantitative estimate of drug-likeness (QED) is 0.669. The Labute approximate surface area is 166 Å². The third-order valence-electron chi connectivity index (χ3n) is 3.81. The summed E-state index contributed by atoms with van der Waals surface area (Å²) in [5.74, 6) is 0.266. The van der Waals surface area contributed by atoms with Crippen molar-refractivity contribution >= 4 is 54.0 Å². The number of hydrogen-bond donors (Lipinski definition) is 1. The molecule has 2 aromatic carbocycles. The summed E-state index contributed by atoms with van der Waals surface area (Å²) in [4.78, 5) is 16.7. The van der Waals surface area contributed by atoms with Gasteiger partial charge >= 0.3 is 0 Å². The summed E-state index contributed by atoms with van der Waals surface area (Å²) >= 11 is 7.20. The fraction of sp³-hybridized carbons (Fsp3) is 0.222. The molecule has 1 aromatic heterocycles. The number of rotatable bonds is 5. The van der Waals surface area contributed by atoms with Crippen LogP contribution in [0.2, 0.25) is 5.02 Å². The highest BCUT2D eigenvalue weighted by atomic mass is 35.5. The van der Waals surface area contributed by atoms with E-state index in [2.05, 4.69) is 10.3 Å². The summed E-state index contributed by atoms with van der Waals surface area (Å²) in [6.07, 6.45) is 1.15. The topological polar surface area (TPSA) is 85.4 Å². The van der Waals surface area contributed by atoms with Crippen molar-refractivity contribution in [2.45, 2.75) is 18.7 Å². The fourth-order valence-electron chi connectivity index (χ4n) is 2.61. The SMILES string of the molecule is Cc1cc(Cl)cc(C)c1OCC(=O)Nc1nc2ccc(S(C)(=O)=O)cc2s1. The number of sulfone groups is 1. The summed E-state index contributed by atoms with van der Waals surface area (Å²) in [5, 5.41) is 3.68. The van der Waals surface area contributed by atoms with Gasteiger partial charge in [-0.05, 0) is 55.3 Å². The molecule has 0 saturated carbocycles. The Morgan fingerprint density at radius 2 is 1.89 bits per heavy atom. The summed E-state index contributed by atoms with van der Waals surface area (Å²) in [5.41, 5.74) is 2.31. The molecule has 9 heteroatoms. The lowest BCUT2D eigenvalue weighted by Crippen LogP contribution is -2.20. The van der Waals surface area contributed by atoms with E-state index in [1.54, 1.807) is 24.3 Å². The van der Waals surface area contributed by atoms with Crippen LogP contribution in [0.4, 0.5) is 5.13 Å². The molecule has 27 heavy (non-hydrogen) atoms. The van der Waals surface area contributed by atoms with Gasteiger partial charge in [-0.2, -0.15) is 0 Å². The zero-order valence-electron chi connectivity index (χ0n) is 14.9. The molecule has 0 aliphatic carbocycles. The summed E-state index contributed by atoms with van der Waals surface area (Å²) in [7, 11) is -3.30. The lowest BCUT2D eigenvalue weighted by atomic mass is 10.1. The number of aromatic nitrogens is 1. The van der Waals surface area contributed by atoms with Crippen LogP contribution in [0.5, 0.6) is 5.75 Å². The number of carbonyl (C=O) groups is 1. The van der Waals surface area contributed by atoms with E-state index < -0.39 is 9.84 Å².